The number of anilines is 1. The molecule has 0 aliphatic rings. The molecule has 1 aromatic heterocycles. The first-order chi connectivity index (χ1) is 14.8. The van der Waals surface area contributed by atoms with Gasteiger partial charge in [0.15, 0.2) is 0 Å². The van der Waals surface area contributed by atoms with Crippen LogP contribution in [0.2, 0.25) is 5.02 Å². The number of nitrogens with zero attached hydrogens (tertiary/aromatic N) is 2. The Morgan fingerprint density at radius 3 is 2.39 bits per heavy atom. The van der Waals surface area contributed by atoms with E-state index in [0.717, 1.165) is 26.7 Å². The van der Waals surface area contributed by atoms with Crippen LogP contribution in [0.15, 0.2) is 77.7 Å². The number of amides is 1. The Bertz CT molecular complexity index is 1300. The highest BCUT2D eigenvalue weighted by atomic mass is 35.5. The number of carbonyl (C=O) groups excluding carboxylic acids is 1. The van der Waals surface area contributed by atoms with Crippen LogP contribution in [0.3, 0.4) is 0 Å². The third-order valence-corrected chi connectivity index (χ3v) is 6.79. The van der Waals surface area contributed by atoms with Gasteiger partial charge >= 0.3 is 0 Å². The summed E-state index contributed by atoms with van der Waals surface area (Å²) in [5.41, 5.74) is 3.25. The van der Waals surface area contributed by atoms with E-state index in [1.165, 1.54) is 31.3 Å². The van der Waals surface area contributed by atoms with Gasteiger partial charge < -0.3 is 10.3 Å². The maximum atomic E-state index is 12.6. The molecule has 0 saturated carbocycles. The van der Waals surface area contributed by atoms with E-state index in [2.05, 4.69) is 15.3 Å². The van der Waals surface area contributed by atoms with E-state index in [4.69, 9.17) is 11.6 Å². The van der Waals surface area contributed by atoms with E-state index in [1.807, 2.05) is 36.4 Å². The van der Waals surface area contributed by atoms with Crippen molar-refractivity contribution in [3.63, 3.8) is 0 Å². The number of imidazole rings is 1. The Morgan fingerprint density at radius 2 is 1.71 bits per heavy atom. The second-order valence-electron chi connectivity index (χ2n) is 6.94. The number of halogens is 1. The average Bonchev–Trinajstić information content (AvgIpc) is 3.18. The number of para-hydroxylation sites is 2. The number of H-pyrrole nitrogens is 1. The molecule has 1 amide bonds. The summed E-state index contributed by atoms with van der Waals surface area (Å²) in [6.45, 7) is -0.323. The number of fused-ring (bicyclic) bond motifs is 1. The van der Waals surface area contributed by atoms with Crippen LogP contribution in [0.1, 0.15) is 0 Å². The number of carbonyl (C=O) groups is 1. The van der Waals surface area contributed by atoms with Gasteiger partial charge in [-0.05, 0) is 60.7 Å². The second kappa shape index (κ2) is 8.50. The number of aromatic amines is 1. The van der Waals surface area contributed by atoms with Crippen molar-refractivity contribution in [3.8, 4) is 11.4 Å². The largest absolute Gasteiger partial charge is 0.338 e. The third kappa shape index (κ3) is 4.61. The zero-order valence-electron chi connectivity index (χ0n) is 16.5. The SMILES string of the molecule is CN(CC(=O)Nc1ccc(-c2nc3ccccc3[nH]2)cc1)S(=O)(=O)c1ccc(Cl)cc1. The van der Waals surface area contributed by atoms with Crippen molar-refractivity contribution in [2.75, 3.05) is 18.9 Å². The topological polar surface area (TPSA) is 95.2 Å². The monoisotopic (exact) mass is 454 g/mol. The number of likely N-dealkylation sites (N-methyl/N-ethyl adjacent to an activating group) is 1. The van der Waals surface area contributed by atoms with Gasteiger partial charge in [0.2, 0.25) is 15.9 Å². The minimum Gasteiger partial charge on any atom is -0.338 e. The lowest BCUT2D eigenvalue weighted by atomic mass is 10.2. The van der Waals surface area contributed by atoms with E-state index in [0.29, 0.717) is 10.7 Å². The van der Waals surface area contributed by atoms with E-state index >= 15 is 0 Å². The molecule has 4 rings (SSSR count). The van der Waals surface area contributed by atoms with Crippen molar-refractivity contribution < 1.29 is 13.2 Å². The van der Waals surface area contributed by atoms with Crippen molar-refractivity contribution in [2.24, 2.45) is 0 Å². The molecule has 0 bridgehead atoms. The van der Waals surface area contributed by atoms with Gasteiger partial charge in [-0.25, -0.2) is 13.4 Å². The first kappa shape index (κ1) is 21.0. The van der Waals surface area contributed by atoms with Gasteiger partial charge in [-0.2, -0.15) is 4.31 Å². The molecule has 31 heavy (non-hydrogen) atoms. The van der Waals surface area contributed by atoms with Crippen LogP contribution in [-0.4, -0.2) is 42.2 Å². The predicted octanol–water partition coefficient (Wildman–Crippen LogP) is 4.14. The summed E-state index contributed by atoms with van der Waals surface area (Å²) >= 11 is 5.81. The highest BCUT2D eigenvalue weighted by Gasteiger charge is 2.23. The average molecular weight is 455 g/mol. The van der Waals surface area contributed by atoms with Crippen molar-refractivity contribution in [2.45, 2.75) is 4.90 Å². The van der Waals surface area contributed by atoms with Gasteiger partial charge in [0.1, 0.15) is 5.82 Å². The standard InChI is InChI=1S/C22H19ClN4O3S/c1-27(31(29,30)18-12-8-16(23)9-13-18)14-21(28)24-17-10-6-15(7-11-17)22-25-19-4-2-3-5-20(19)26-22/h2-13H,14H2,1H3,(H,24,28)(H,25,26). The Morgan fingerprint density at radius 1 is 1.03 bits per heavy atom. The quantitative estimate of drug-likeness (QED) is 0.457. The van der Waals surface area contributed by atoms with Gasteiger partial charge in [-0.1, -0.05) is 23.7 Å². The molecular formula is C22H19ClN4O3S. The zero-order valence-corrected chi connectivity index (χ0v) is 18.1. The molecule has 0 radical (unpaired) electrons. The van der Waals surface area contributed by atoms with Gasteiger partial charge in [-0.3, -0.25) is 4.79 Å². The van der Waals surface area contributed by atoms with Gasteiger partial charge in [0.05, 0.1) is 22.5 Å². The third-order valence-electron chi connectivity index (χ3n) is 4.72. The van der Waals surface area contributed by atoms with E-state index in [1.54, 1.807) is 12.1 Å². The molecule has 158 valence electrons. The molecule has 4 aromatic rings. The number of sulfonamides is 1. The van der Waals surface area contributed by atoms with E-state index in [-0.39, 0.29) is 11.4 Å². The molecule has 0 saturated heterocycles. The first-order valence-corrected chi connectivity index (χ1v) is 11.2. The summed E-state index contributed by atoms with van der Waals surface area (Å²) in [6.07, 6.45) is 0. The van der Waals surface area contributed by atoms with Crippen LogP contribution >= 0.6 is 11.6 Å². The van der Waals surface area contributed by atoms with Crippen LogP contribution in [0.4, 0.5) is 5.69 Å². The Balaban J connectivity index is 1.42. The van der Waals surface area contributed by atoms with Crippen molar-refractivity contribution >= 4 is 44.3 Å². The zero-order chi connectivity index (χ0) is 22.0. The molecule has 0 spiro atoms. The number of hydrogen-bond donors (Lipinski definition) is 2. The molecule has 0 fully saturated rings. The van der Waals surface area contributed by atoms with Crippen LogP contribution in [-0.2, 0) is 14.8 Å². The molecule has 9 heteroatoms. The van der Waals surface area contributed by atoms with Crippen LogP contribution in [0.5, 0.6) is 0 Å². The van der Waals surface area contributed by atoms with E-state index in [9.17, 15) is 13.2 Å². The van der Waals surface area contributed by atoms with Crippen molar-refractivity contribution in [1.29, 1.82) is 0 Å². The fraction of sp³-hybridized carbons (Fsp3) is 0.0909. The minimum absolute atomic E-state index is 0.0717. The molecule has 0 atom stereocenters. The highest BCUT2D eigenvalue weighted by Crippen LogP contribution is 2.22. The molecule has 3 aromatic carbocycles. The molecule has 0 aliphatic heterocycles. The van der Waals surface area contributed by atoms with Gasteiger partial charge in [-0.15, -0.1) is 0 Å². The second-order valence-corrected chi connectivity index (χ2v) is 9.42. The van der Waals surface area contributed by atoms with Gasteiger partial charge in [0, 0.05) is 23.3 Å². The smallest absolute Gasteiger partial charge is 0.243 e. The maximum absolute atomic E-state index is 12.6. The lowest BCUT2D eigenvalue weighted by Gasteiger charge is -2.17. The number of rotatable bonds is 6. The number of hydrogen-bond acceptors (Lipinski definition) is 4. The van der Waals surface area contributed by atoms with Crippen LogP contribution < -0.4 is 5.32 Å². The van der Waals surface area contributed by atoms with E-state index < -0.39 is 15.9 Å². The fourth-order valence-corrected chi connectivity index (χ4v) is 4.33. The lowest BCUT2D eigenvalue weighted by Crippen LogP contribution is -2.34. The highest BCUT2D eigenvalue weighted by molar-refractivity contribution is 7.89. The summed E-state index contributed by atoms with van der Waals surface area (Å²) < 4.78 is 26.2. The predicted molar refractivity (Wildman–Crippen MR) is 121 cm³/mol. The van der Waals surface area contributed by atoms with Crippen LogP contribution in [0, 0.1) is 0 Å². The number of nitrogens with one attached hydrogen (secondary N) is 2. The number of benzene rings is 3. The van der Waals surface area contributed by atoms with Crippen molar-refractivity contribution in [1.82, 2.24) is 14.3 Å². The molecule has 1 heterocycles. The molecular weight excluding hydrogens is 436 g/mol. The normalized spacial score (nSPS) is 11.7. The molecule has 0 aliphatic carbocycles. The summed E-state index contributed by atoms with van der Waals surface area (Å²) in [4.78, 5) is 20.2. The van der Waals surface area contributed by atoms with Gasteiger partial charge in [0.25, 0.3) is 0 Å². The first-order valence-electron chi connectivity index (χ1n) is 9.40. The fourth-order valence-electron chi connectivity index (χ4n) is 3.08. The number of aromatic nitrogens is 2. The minimum atomic E-state index is -3.80. The lowest BCUT2D eigenvalue weighted by molar-refractivity contribution is -0.116. The summed E-state index contributed by atoms with van der Waals surface area (Å²) in [6, 6.07) is 20.7. The Labute approximate surface area is 184 Å². The van der Waals surface area contributed by atoms with Crippen LogP contribution in [0.25, 0.3) is 22.4 Å². The van der Waals surface area contributed by atoms with Crippen molar-refractivity contribution in [3.05, 3.63) is 77.8 Å². The summed E-state index contributed by atoms with van der Waals surface area (Å²) in [5, 5.41) is 3.15. The Hall–Kier alpha value is -3.20. The maximum Gasteiger partial charge on any atom is 0.243 e. The Kier molecular flexibility index (Phi) is 5.77. The summed E-state index contributed by atoms with van der Waals surface area (Å²) in [7, 11) is -2.44. The summed E-state index contributed by atoms with van der Waals surface area (Å²) in [5.74, 6) is 0.282. The molecule has 2 N–H and O–H groups in total. The molecule has 7 nitrogen and oxygen atoms in total. The molecule has 0 unspecified atom stereocenters.